The van der Waals surface area contributed by atoms with Crippen LogP contribution < -0.4 is 15.4 Å². The van der Waals surface area contributed by atoms with E-state index in [1.807, 2.05) is 44.2 Å². The second kappa shape index (κ2) is 10.5. The Bertz CT molecular complexity index is 1120. The Morgan fingerprint density at radius 3 is 2.45 bits per heavy atom. The number of sulfonamides is 1. The fourth-order valence-corrected chi connectivity index (χ4v) is 4.87. The predicted octanol–water partition coefficient (Wildman–Crippen LogP) is 2.90. The molecule has 31 heavy (non-hydrogen) atoms. The highest BCUT2D eigenvalue weighted by Gasteiger charge is 2.12. The van der Waals surface area contributed by atoms with Crippen LogP contribution in [-0.4, -0.2) is 39.0 Å². The first-order valence-electron chi connectivity index (χ1n) is 10.4. The van der Waals surface area contributed by atoms with Gasteiger partial charge in [-0.2, -0.15) is 0 Å². The molecular weight excluding hydrogens is 410 g/mol. The molecule has 1 aromatic heterocycles. The lowest BCUT2D eigenvalue weighted by Gasteiger charge is -2.12. The molecule has 0 fully saturated rings. The van der Waals surface area contributed by atoms with E-state index in [1.54, 1.807) is 7.05 Å². The minimum atomic E-state index is -3.32. The second-order valence-electron chi connectivity index (χ2n) is 7.81. The van der Waals surface area contributed by atoms with Crippen LogP contribution in [0.3, 0.4) is 0 Å². The topological polar surface area (TPSA) is 98.4 Å². The lowest BCUT2D eigenvalue weighted by Crippen LogP contribution is -2.37. The van der Waals surface area contributed by atoms with Crippen LogP contribution in [0.15, 0.2) is 59.7 Å². The average Bonchev–Trinajstić information content (AvgIpc) is 3.13. The van der Waals surface area contributed by atoms with Crippen LogP contribution >= 0.6 is 0 Å². The van der Waals surface area contributed by atoms with Crippen LogP contribution in [0.4, 0.5) is 0 Å². The summed E-state index contributed by atoms with van der Waals surface area (Å²) in [7, 11) is -1.57. The lowest BCUT2D eigenvalue weighted by molar-refractivity contribution is 0.569. The summed E-state index contributed by atoms with van der Waals surface area (Å²) in [6.45, 7) is 4.99. The van der Waals surface area contributed by atoms with Crippen molar-refractivity contribution in [3.8, 4) is 0 Å². The molecule has 0 unspecified atom stereocenters. The van der Waals surface area contributed by atoms with Crippen molar-refractivity contribution in [3.63, 3.8) is 0 Å². The Hall–Kier alpha value is -2.84. The Morgan fingerprint density at radius 2 is 1.74 bits per heavy atom. The van der Waals surface area contributed by atoms with Gasteiger partial charge in [0.25, 0.3) is 0 Å². The highest BCUT2D eigenvalue weighted by molar-refractivity contribution is 7.88. The van der Waals surface area contributed by atoms with E-state index in [4.69, 9.17) is 0 Å². The number of hydrogen-bond donors (Lipinski definition) is 4. The van der Waals surface area contributed by atoms with Gasteiger partial charge in [0.1, 0.15) is 0 Å². The number of aromatic nitrogens is 1. The largest absolute Gasteiger partial charge is 0.361 e. The number of fused-ring (bicyclic) bond motifs is 1. The molecule has 1 heterocycles. The molecule has 0 spiro atoms. The van der Waals surface area contributed by atoms with Gasteiger partial charge < -0.3 is 15.6 Å². The molecule has 7 nitrogen and oxygen atoms in total. The minimum Gasteiger partial charge on any atom is -0.361 e. The zero-order valence-corrected chi connectivity index (χ0v) is 19.1. The Labute approximate surface area is 184 Å². The predicted molar refractivity (Wildman–Crippen MR) is 128 cm³/mol. The van der Waals surface area contributed by atoms with Gasteiger partial charge in [0.05, 0.1) is 5.75 Å². The fraction of sp³-hybridized carbons (Fsp3) is 0.348. The summed E-state index contributed by atoms with van der Waals surface area (Å²) >= 11 is 0. The molecule has 0 aliphatic carbocycles. The molecule has 0 aliphatic heterocycles. The van der Waals surface area contributed by atoms with Crippen molar-refractivity contribution < 1.29 is 8.42 Å². The maximum Gasteiger partial charge on any atom is 0.216 e. The van der Waals surface area contributed by atoms with Gasteiger partial charge in [0.2, 0.25) is 10.0 Å². The third-order valence-corrected chi connectivity index (χ3v) is 6.38. The van der Waals surface area contributed by atoms with Crippen LogP contribution in [0.2, 0.25) is 0 Å². The van der Waals surface area contributed by atoms with Crippen LogP contribution in [-0.2, 0) is 28.7 Å². The van der Waals surface area contributed by atoms with Crippen LogP contribution in [0.25, 0.3) is 10.9 Å². The van der Waals surface area contributed by atoms with Gasteiger partial charge in [-0.3, -0.25) is 4.99 Å². The number of H-pyrrole nitrogens is 1. The summed E-state index contributed by atoms with van der Waals surface area (Å²) < 4.78 is 26.7. The second-order valence-corrected chi connectivity index (χ2v) is 9.56. The summed E-state index contributed by atoms with van der Waals surface area (Å²) in [5, 5.41) is 7.89. The number of aromatic amines is 1. The van der Waals surface area contributed by atoms with Gasteiger partial charge in [0, 0.05) is 43.3 Å². The average molecular weight is 442 g/mol. The summed E-state index contributed by atoms with van der Waals surface area (Å²) in [5.74, 6) is 0.711. The normalized spacial score (nSPS) is 12.5. The first kappa shape index (κ1) is 22.8. The van der Waals surface area contributed by atoms with E-state index in [-0.39, 0.29) is 11.8 Å². The molecule has 0 amide bonds. The summed E-state index contributed by atoms with van der Waals surface area (Å²) in [6.07, 6.45) is 2.94. The molecule has 0 bridgehead atoms. The summed E-state index contributed by atoms with van der Waals surface area (Å²) in [4.78, 5) is 7.58. The van der Waals surface area contributed by atoms with Crippen molar-refractivity contribution in [1.29, 1.82) is 0 Å². The van der Waals surface area contributed by atoms with Crippen molar-refractivity contribution in [3.05, 3.63) is 71.4 Å². The molecule has 166 valence electrons. The Kier molecular flexibility index (Phi) is 7.70. The van der Waals surface area contributed by atoms with Gasteiger partial charge in [-0.05, 0) is 43.0 Å². The van der Waals surface area contributed by atoms with Crippen molar-refractivity contribution in [2.24, 2.45) is 4.99 Å². The molecule has 0 aliphatic rings. The van der Waals surface area contributed by atoms with Crippen LogP contribution in [0, 0.1) is 0 Å². The zero-order valence-electron chi connectivity index (χ0n) is 18.3. The highest BCUT2D eigenvalue weighted by atomic mass is 32.2. The Balaban J connectivity index is 1.47. The van der Waals surface area contributed by atoms with Crippen LogP contribution in [0.1, 0.15) is 30.5 Å². The third kappa shape index (κ3) is 6.83. The molecule has 0 saturated carbocycles. The molecular formula is C23H31N5O2S. The Morgan fingerprint density at radius 1 is 1.03 bits per heavy atom. The molecule has 3 aromatic rings. The molecule has 3 rings (SSSR count). The number of aliphatic imine (C=N–C) groups is 1. The highest BCUT2D eigenvalue weighted by Crippen LogP contribution is 2.17. The van der Waals surface area contributed by atoms with Gasteiger partial charge >= 0.3 is 0 Å². The SMILES string of the molecule is CN=C(NCCc1c[nH]c2ccccc12)NCc1ccc(CS(=O)(=O)NC(C)C)cc1. The lowest BCUT2D eigenvalue weighted by atomic mass is 10.1. The molecule has 8 heteroatoms. The number of nitrogens with one attached hydrogen (secondary N) is 4. The summed E-state index contributed by atoms with van der Waals surface area (Å²) in [5.41, 5.74) is 4.24. The molecule has 0 radical (unpaired) electrons. The van der Waals surface area contributed by atoms with Crippen molar-refractivity contribution in [2.45, 2.75) is 38.6 Å². The first-order chi connectivity index (χ1) is 14.9. The van der Waals surface area contributed by atoms with Gasteiger partial charge in [-0.15, -0.1) is 0 Å². The van der Waals surface area contributed by atoms with E-state index in [1.165, 1.54) is 10.9 Å². The smallest absolute Gasteiger partial charge is 0.216 e. The number of hydrogen-bond acceptors (Lipinski definition) is 3. The number of para-hydroxylation sites is 1. The van der Waals surface area contributed by atoms with Crippen molar-refractivity contribution in [1.82, 2.24) is 20.3 Å². The van der Waals surface area contributed by atoms with Gasteiger partial charge in [-0.25, -0.2) is 13.1 Å². The minimum absolute atomic E-state index is 0.0179. The molecule has 0 atom stereocenters. The zero-order chi connectivity index (χ0) is 22.3. The third-order valence-electron chi connectivity index (χ3n) is 4.84. The van der Waals surface area contributed by atoms with Gasteiger partial charge in [-0.1, -0.05) is 42.5 Å². The molecule has 0 saturated heterocycles. The number of rotatable bonds is 9. The van der Waals surface area contributed by atoms with E-state index in [0.717, 1.165) is 35.6 Å². The number of guanidine groups is 1. The van der Waals surface area contributed by atoms with Crippen molar-refractivity contribution >= 4 is 26.9 Å². The number of nitrogens with zero attached hydrogens (tertiary/aromatic N) is 1. The van der Waals surface area contributed by atoms with Crippen LogP contribution in [0.5, 0.6) is 0 Å². The quantitative estimate of drug-likeness (QED) is 0.303. The van der Waals surface area contributed by atoms with E-state index in [9.17, 15) is 8.42 Å². The maximum absolute atomic E-state index is 12.1. The van der Waals surface area contributed by atoms with Crippen molar-refractivity contribution in [2.75, 3.05) is 13.6 Å². The molecule has 4 N–H and O–H groups in total. The monoisotopic (exact) mass is 441 g/mol. The molecule has 2 aromatic carbocycles. The first-order valence-corrected chi connectivity index (χ1v) is 12.1. The standard InChI is InChI=1S/C23H31N5O2S/c1-17(2)28-31(29,30)16-19-10-8-18(9-11-19)14-27-23(24-3)25-13-12-20-15-26-22-7-5-4-6-21(20)22/h4-11,15,17,26,28H,12-14,16H2,1-3H3,(H2,24,25,27). The van der Waals surface area contributed by atoms with E-state index < -0.39 is 10.0 Å². The number of benzene rings is 2. The summed E-state index contributed by atoms with van der Waals surface area (Å²) in [6, 6.07) is 15.8. The fourth-order valence-electron chi connectivity index (χ4n) is 3.43. The van der Waals surface area contributed by atoms with E-state index >= 15 is 0 Å². The van der Waals surface area contributed by atoms with E-state index in [2.05, 4.69) is 49.7 Å². The maximum atomic E-state index is 12.1. The van der Waals surface area contributed by atoms with Gasteiger partial charge in [0.15, 0.2) is 5.96 Å². The van der Waals surface area contributed by atoms with E-state index in [0.29, 0.717) is 6.54 Å².